The minimum Gasteiger partial charge on any atom is -0.484 e. The molecule has 1 aromatic rings. The van der Waals surface area contributed by atoms with Gasteiger partial charge in [0.05, 0.1) is 0 Å². The Hall–Kier alpha value is -1.03. The molecule has 0 aliphatic rings. The highest BCUT2D eigenvalue weighted by Crippen LogP contribution is 2.21. The Morgan fingerprint density at radius 1 is 1.57 bits per heavy atom. The zero-order valence-electron chi connectivity index (χ0n) is 8.13. The third kappa shape index (κ3) is 3.03. The van der Waals surface area contributed by atoms with Gasteiger partial charge in [0.2, 0.25) is 0 Å². The number of ether oxygens (including phenoxy) is 1. The van der Waals surface area contributed by atoms with Gasteiger partial charge >= 0.3 is 0 Å². The summed E-state index contributed by atoms with van der Waals surface area (Å²) in [7, 11) is 1.58. The standard InChI is InChI=1S/C10H12BrNO2/c1-7-5-8(11)3-4-9(7)14-6-10(13)12-2/h3-5H,6H2,1-2H3,(H,12,13). The summed E-state index contributed by atoms with van der Waals surface area (Å²) in [5, 5.41) is 2.49. The fraction of sp³-hybridized carbons (Fsp3) is 0.300. The van der Waals surface area contributed by atoms with Crippen LogP contribution in [0, 0.1) is 6.92 Å². The van der Waals surface area contributed by atoms with Crippen molar-refractivity contribution in [2.24, 2.45) is 0 Å². The Labute approximate surface area is 91.6 Å². The van der Waals surface area contributed by atoms with Crippen LogP contribution in [0.15, 0.2) is 22.7 Å². The molecule has 76 valence electrons. The van der Waals surface area contributed by atoms with Gasteiger partial charge in [0.15, 0.2) is 6.61 Å². The molecule has 0 aromatic heterocycles. The first kappa shape index (κ1) is 11.0. The van der Waals surface area contributed by atoms with Gasteiger partial charge in [-0.05, 0) is 30.7 Å². The number of nitrogens with one attached hydrogen (secondary N) is 1. The molecular formula is C10H12BrNO2. The van der Waals surface area contributed by atoms with Crippen molar-refractivity contribution in [1.82, 2.24) is 5.32 Å². The Kier molecular flexibility index (Phi) is 3.95. The first-order chi connectivity index (χ1) is 6.63. The average molecular weight is 258 g/mol. The molecule has 0 saturated heterocycles. The van der Waals surface area contributed by atoms with E-state index in [4.69, 9.17) is 4.74 Å². The number of hydrogen-bond acceptors (Lipinski definition) is 2. The first-order valence-corrected chi connectivity index (χ1v) is 5.02. The number of benzene rings is 1. The molecular weight excluding hydrogens is 246 g/mol. The summed E-state index contributed by atoms with van der Waals surface area (Å²) in [5.74, 6) is 0.601. The Balaban J connectivity index is 2.63. The van der Waals surface area contributed by atoms with Crippen LogP contribution < -0.4 is 10.1 Å². The smallest absolute Gasteiger partial charge is 0.257 e. The SMILES string of the molecule is CNC(=O)COc1ccc(Br)cc1C. The van der Waals surface area contributed by atoms with E-state index in [2.05, 4.69) is 21.2 Å². The van der Waals surface area contributed by atoms with Crippen molar-refractivity contribution >= 4 is 21.8 Å². The van der Waals surface area contributed by atoms with E-state index >= 15 is 0 Å². The topological polar surface area (TPSA) is 38.3 Å². The van der Waals surface area contributed by atoms with Crippen LogP contribution in [0.25, 0.3) is 0 Å². The van der Waals surface area contributed by atoms with Gasteiger partial charge in [0, 0.05) is 11.5 Å². The molecule has 0 atom stereocenters. The van der Waals surface area contributed by atoms with E-state index in [1.165, 1.54) is 0 Å². The fourth-order valence-electron chi connectivity index (χ4n) is 0.990. The largest absolute Gasteiger partial charge is 0.484 e. The number of carbonyl (C=O) groups excluding carboxylic acids is 1. The van der Waals surface area contributed by atoms with Gasteiger partial charge in [-0.25, -0.2) is 0 Å². The van der Waals surface area contributed by atoms with Crippen LogP contribution in [0.4, 0.5) is 0 Å². The van der Waals surface area contributed by atoms with Gasteiger partial charge in [-0.3, -0.25) is 4.79 Å². The molecule has 0 radical (unpaired) electrons. The molecule has 1 rings (SSSR count). The summed E-state index contributed by atoms with van der Waals surface area (Å²) in [6, 6.07) is 5.66. The summed E-state index contributed by atoms with van der Waals surface area (Å²) >= 11 is 3.36. The minimum atomic E-state index is -0.132. The average Bonchev–Trinajstić information content (AvgIpc) is 2.16. The second kappa shape index (κ2) is 5.00. The third-order valence-electron chi connectivity index (χ3n) is 1.77. The number of carbonyl (C=O) groups is 1. The first-order valence-electron chi connectivity index (χ1n) is 4.23. The van der Waals surface area contributed by atoms with Crippen molar-refractivity contribution in [2.75, 3.05) is 13.7 Å². The number of halogens is 1. The summed E-state index contributed by atoms with van der Waals surface area (Å²) in [6.07, 6.45) is 0. The Morgan fingerprint density at radius 3 is 2.86 bits per heavy atom. The number of likely N-dealkylation sites (N-methyl/N-ethyl adjacent to an activating group) is 1. The third-order valence-corrected chi connectivity index (χ3v) is 2.27. The molecule has 0 fully saturated rings. The predicted octanol–water partition coefficient (Wildman–Crippen LogP) is 1.88. The quantitative estimate of drug-likeness (QED) is 0.898. The monoisotopic (exact) mass is 257 g/mol. The molecule has 4 heteroatoms. The van der Waals surface area contributed by atoms with E-state index in [0.29, 0.717) is 0 Å². The second-order valence-corrected chi connectivity index (χ2v) is 3.79. The van der Waals surface area contributed by atoms with E-state index in [-0.39, 0.29) is 12.5 Å². The maximum absolute atomic E-state index is 10.9. The van der Waals surface area contributed by atoms with Crippen LogP contribution in [-0.2, 0) is 4.79 Å². The predicted molar refractivity (Wildman–Crippen MR) is 58.4 cm³/mol. The van der Waals surface area contributed by atoms with Crippen molar-refractivity contribution in [3.8, 4) is 5.75 Å². The van der Waals surface area contributed by atoms with Crippen molar-refractivity contribution in [3.05, 3.63) is 28.2 Å². The molecule has 0 saturated carbocycles. The molecule has 1 N–H and O–H groups in total. The van der Waals surface area contributed by atoms with Gasteiger partial charge in [0.25, 0.3) is 5.91 Å². The maximum Gasteiger partial charge on any atom is 0.257 e. The Morgan fingerprint density at radius 2 is 2.29 bits per heavy atom. The van der Waals surface area contributed by atoms with Gasteiger partial charge in [-0.2, -0.15) is 0 Å². The molecule has 1 amide bonds. The maximum atomic E-state index is 10.9. The molecule has 1 aromatic carbocycles. The highest BCUT2D eigenvalue weighted by Gasteiger charge is 2.02. The molecule has 0 unspecified atom stereocenters. The lowest BCUT2D eigenvalue weighted by atomic mass is 10.2. The zero-order valence-corrected chi connectivity index (χ0v) is 9.72. The van der Waals surface area contributed by atoms with Crippen molar-refractivity contribution in [2.45, 2.75) is 6.92 Å². The van der Waals surface area contributed by atoms with E-state index in [0.717, 1.165) is 15.8 Å². The van der Waals surface area contributed by atoms with E-state index < -0.39 is 0 Å². The van der Waals surface area contributed by atoms with Crippen LogP contribution in [0.3, 0.4) is 0 Å². The van der Waals surface area contributed by atoms with Crippen LogP contribution in [0.1, 0.15) is 5.56 Å². The van der Waals surface area contributed by atoms with Crippen LogP contribution in [0.5, 0.6) is 5.75 Å². The lowest BCUT2D eigenvalue weighted by Gasteiger charge is -2.08. The molecule has 0 heterocycles. The van der Waals surface area contributed by atoms with E-state index in [9.17, 15) is 4.79 Å². The summed E-state index contributed by atoms with van der Waals surface area (Å²) < 4.78 is 6.31. The van der Waals surface area contributed by atoms with Crippen molar-refractivity contribution in [1.29, 1.82) is 0 Å². The van der Waals surface area contributed by atoms with Gasteiger partial charge in [-0.15, -0.1) is 0 Å². The lowest BCUT2D eigenvalue weighted by Crippen LogP contribution is -2.24. The highest BCUT2D eigenvalue weighted by molar-refractivity contribution is 9.10. The summed E-state index contributed by atoms with van der Waals surface area (Å²) in [6.45, 7) is 1.99. The molecule has 0 bridgehead atoms. The molecule has 0 spiro atoms. The molecule has 0 aliphatic heterocycles. The number of amides is 1. The van der Waals surface area contributed by atoms with Crippen LogP contribution in [0.2, 0.25) is 0 Å². The summed E-state index contributed by atoms with van der Waals surface area (Å²) in [5.41, 5.74) is 1.00. The van der Waals surface area contributed by atoms with E-state index in [1.54, 1.807) is 7.05 Å². The van der Waals surface area contributed by atoms with Crippen molar-refractivity contribution in [3.63, 3.8) is 0 Å². The molecule has 0 aliphatic carbocycles. The number of hydrogen-bond donors (Lipinski definition) is 1. The van der Waals surface area contributed by atoms with Crippen molar-refractivity contribution < 1.29 is 9.53 Å². The van der Waals surface area contributed by atoms with Gasteiger partial charge < -0.3 is 10.1 Å². The fourth-order valence-corrected chi connectivity index (χ4v) is 1.47. The normalized spacial score (nSPS) is 9.64. The van der Waals surface area contributed by atoms with Gasteiger partial charge in [0.1, 0.15) is 5.75 Å². The second-order valence-electron chi connectivity index (χ2n) is 2.87. The summed E-state index contributed by atoms with van der Waals surface area (Å²) in [4.78, 5) is 10.9. The highest BCUT2D eigenvalue weighted by atomic mass is 79.9. The number of rotatable bonds is 3. The Bertz CT molecular complexity index is 339. The lowest BCUT2D eigenvalue weighted by molar-refractivity contribution is -0.122. The zero-order chi connectivity index (χ0) is 10.6. The minimum absolute atomic E-state index is 0.0545. The van der Waals surface area contributed by atoms with E-state index in [1.807, 2.05) is 25.1 Å². The van der Waals surface area contributed by atoms with Crippen LogP contribution >= 0.6 is 15.9 Å². The molecule has 3 nitrogen and oxygen atoms in total. The van der Waals surface area contributed by atoms with Gasteiger partial charge in [-0.1, -0.05) is 15.9 Å². The number of aryl methyl sites for hydroxylation is 1. The van der Waals surface area contributed by atoms with Crippen LogP contribution in [-0.4, -0.2) is 19.6 Å². The molecule has 14 heavy (non-hydrogen) atoms.